The van der Waals surface area contributed by atoms with E-state index < -0.39 is 10.0 Å². The zero-order valence-electron chi connectivity index (χ0n) is 11.9. The lowest BCUT2D eigenvalue weighted by Crippen LogP contribution is -2.43. The van der Waals surface area contributed by atoms with Crippen LogP contribution in [0.25, 0.3) is 0 Å². The standard InChI is InChI=1S/C15H22N2O2S/c1-2-13-5-3-4-10-17(13)20(18,19)14-7-6-12-8-9-16-15(12)11-14/h6-7,11,13,16H,2-5,8-10H2,1H3. The van der Waals surface area contributed by atoms with Crippen molar-refractivity contribution in [2.24, 2.45) is 0 Å². The summed E-state index contributed by atoms with van der Waals surface area (Å²) in [5.74, 6) is 0. The zero-order valence-corrected chi connectivity index (χ0v) is 12.7. The van der Waals surface area contributed by atoms with E-state index in [-0.39, 0.29) is 6.04 Å². The van der Waals surface area contributed by atoms with Crippen molar-refractivity contribution >= 4 is 15.7 Å². The maximum atomic E-state index is 12.9. The highest BCUT2D eigenvalue weighted by molar-refractivity contribution is 7.89. The van der Waals surface area contributed by atoms with Crippen LogP contribution in [-0.2, 0) is 16.4 Å². The van der Waals surface area contributed by atoms with E-state index in [2.05, 4.69) is 12.2 Å². The van der Waals surface area contributed by atoms with Gasteiger partial charge in [0.2, 0.25) is 10.0 Å². The van der Waals surface area contributed by atoms with Crippen LogP contribution in [0, 0.1) is 0 Å². The topological polar surface area (TPSA) is 49.4 Å². The third kappa shape index (κ3) is 2.33. The van der Waals surface area contributed by atoms with Crippen LogP contribution in [0.4, 0.5) is 5.69 Å². The van der Waals surface area contributed by atoms with Crippen molar-refractivity contribution in [3.63, 3.8) is 0 Å². The summed E-state index contributed by atoms with van der Waals surface area (Å²) in [5.41, 5.74) is 2.20. The lowest BCUT2D eigenvalue weighted by Gasteiger charge is -2.34. The molecule has 5 heteroatoms. The average molecular weight is 294 g/mol. The number of sulfonamides is 1. The molecule has 2 aliphatic rings. The van der Waals surface area contributed by atoms with Crippen molar-refractivity contribution in [3.05, 3.63) is 23.8 Å². The lowest BCUT2D eigenvalue weighted by atomic mass is 10.0. The molecule has 0 spiro atoms. The largest absolute Gasteiger partial charge is 0.384 e. The molecule has 1 fully saturated rings. The monoisotopic (exact) mass is 294 g/mol. The minimum absolute atomic E-state index is 0.162. The van der Waals surface area contributed by atoms with Gasteiger partial charge in [0.1, 0.15) is 0 Å². The quantitative estimate of drug-likeness (QED) is 0.932. The minimum atomic E-state index is -3.35. The Balaban J connectivity index is 1.94. The summed E-state index contributed by atoms with van der Waals surface area (Å²) in [6.07, 6.45) is 4.97. The summed E-state index contributed by atoms with van der Waals surface area (Å²) in [6, 6.07) is 5.68. The van der Waals surface area contributed by atoms with Crippen LogP contribution < -0.4 is 5.32 Å². The van der Waals surface area contributed by atoms with Crippen LogP contribution in [-0.4, -0.2) is 31.9 Å². The molecule has 0 radical (unpaired) electrons. The molecule has 0 saturated carbocycles. The van der Waals surface area contributed by atoms with E-state index >= 15 is 0 Å². The number of nitrogens with one attached hydrogen (secondary N) is 1. The fourth-order valence-electron chi connectivity index (χ4n) is 3.26. The second kappa shape index (κ2) is 5.37. The Morgan fingerprint density at radius 2 is 2.20 bits per heavy atom. The van der Waals surface area contributed by atoms with Crippen molar-refractivity contribution in [1.29, 1.82) is 0 Å². The molecule has 1 unspecified atom stereocenters. The third-order valence-electron chi connectivity index (χ3n) is 4.44. The van der Waals surface area contributed by atoms with E-state index in [1.165, 1.54) is 5.56 Å². The molecule has 1 N–H and O–H groups in total. The third-order valence-corrected chi connectivity index (χ3v) is 6.39. The number of benzene rings is 1. The predicted octanol–water partition coefficient (Wildman–Crippen LogP) is 2.61. The number of hydrogen-bond donors (Lipinski definition) is 1. The number of nitrogens with zero attached hydrogens (tertiary/aromatic N) is 1. The average Bonchev–Trinajstić information content (AvgIpc) is 2.94. The summed E-state index contributed by atoms with van der Waals surface area (Å²) in [6.45, 7) is 3.63. The van der Waals surface area contributed by atoms with Gasteiger partial charge in [-0.2, -0.15) is 4.31 Å². The van der Waals surface area contributed by atoms with E-state index in [9.17, 15) is 8.42 Å². The smallest absolute Gasteiger partial charge is 0.243 e. The Kier molecular flexibility index (Phi) is 3.73. The number of anilines is 1. The van der Waals surface area contributed by atoms with Crippen LogP contribution in [0.3, 0.4) is 0 Å². The highest BCUT2D eigenvalue weighted by Crippen LogP contribution is 2.30. The molecule has 0 aromatic heterocycles. The zero-order chi connectivity index (χ0) is 14.2. The highest BCUT2D eigenvalue weighted by Gasteiger charge is 2.32. The Morgan fingerprint density at radius 3 is 3.00 bits per heavy atom. The van der Waals surface area contributed by atoms with Crippen molar-refractivity contribution in [1.82, 2.24) is 4.31 Å². The molecule has 4 nitrogen and oxygen atoms in total. The number of hydrogen-bond acceptors (Lipinski definition) is 3. The van der Waals surface area contributed by atoms with Gasteiger partial charge < -0.3 is 5.32 Å². The predicted molar refractivity (Wildman–Crippen MR) is 80.5 cm³/mol. The normalized spacial score (nSPS) is 23.4. The molecule has 110 valence electrons. The molecule has 2 heterocycles. The highest BCUT2D eigenvalue weighted by atomic mass is 32.2. The van der Waals surface area contributed by atoms with E-state index in [4.69, 9.17) is 0 Å². The van der Waals surface area contributed by atoms with Gasteiger partial charge in [-0.1, -0.05) is 19.4 Å². The second-order valence-electron chi connectivity index (χ2n) is 5.67. The van der Waals surface area contributed by atoms with Gasteiger partial charge in [-0.25, -0.2) is 8.42 Å². The molecular weight excluding hydrogens is 272 g/mol. The minimum Gasteiger partial charge on any atom is -0.384 e. The van der Waals surface area contributed by atoms with Crippen molar-refractivity contribution < 1.29 is 8.42 Å². The molecule has 0 amide bonds. The first kappa shape index (κ1) is 13.9. The van der Waals surface area contributed by atoms with E-state index in [1.807, 2.05) is 6.07 Å². The van der Waals surface area contributed by atoms with Gasteiger partial charge in [0, 0.05) is 24.8 Å². The number of piperidine rings is 1. The van der Waals surface area contributed by atoms with Crippen molar-refractivity contribution in [2.75, 3.05) is 18.4 Å². The van der Waals surface area contributed by atoms with Gasteiger partial charge in [0.15, 0.2) is 0 Å². The summed E-state index contributed by atoms with van der Waals surface area (Å²) in [7, 11) is -3.35. The Morgan fingerprint density at radius 1 is 1.35 bits per heavy atom. The second-order valence-corrected chi connectivity index (χ2v) is 7.56. The fraction of sp³-hybridized carbons (Fsp3) is 0.600. The first-order chi connectivity index (χ1) is 9.63. The number of rotatable bonds is 3. The van der Waals surface area contributed by atoms with Crippen LogP contribution in [0.2, 0.25) is 0 Å². The molecule has 0 bridgehead atoms. The summed E-state index contributed by atoms with van der Waals surface area (Å²) < 4.78 is 27.4. The molecule has 2 aliphatic heterocycles. The van der Waals surface area contributed by atoms with E-state index in [0.717, 1.165) is 44.3 Å². The summed E-state index contributed by atoms with van der Waals surface area (Å²) in [4.78, 5) is 0.436. The summed E-state index contributed by atoms with van der Waals surface area (Å²) in [5, 5.41) is 3.26. The van der Waals surface area contributed by atoms with Crippen LogP contribution in [0.15, 0.2) is 23.1 Å². The van der Waals surface area contributed by atoms with Crippen molar-refractivity contribution in [2.45, 2.75) is 50.0 Å². The van der Waals surface area contributed by atoms with Gasteiger partial charge in [0.25, 0.3) is 0 Å². The molecule has 0 aliphatic carbocycles. The molecule has 20 heavy (non-hydrogen) atoms. The van der Waals surface area contributed by atoms with Gasteiger partial charge >= 0.3 is 0 Å². The molecule has 1 aromatic rings. The first-order valence-electron chi connectivity index (χ1n) is 7.51. The van der Waals surface area contributed by atoms with Crippen molar-refractivity contribution in [3.8, 4) is 0 Å². The maximum Gasteiger partial charge on any atom is 0.243 e. The fourth-order valence-corrected chi connectivity index (χ4v) is 5.06. The Bertz CT molecular complexity index is 598. The Hall–Kier alpha value is -1.07. The maximum absolute atomic E-state index is 12.9. The van der Waals surface area contributed by atoms with Gasteiger partial charge in [-0.05, 0) is 43.4 Å². The van der Waals surface area contributed by atoms with E-state index in [0.29, 0.717) is 11.4 Å². The summed E-state index contributed by atoms with van der Waals surface area (Å²) >= 11 is 0. The van der Waals surface area contributed by atoms with Crippen LogP contribution >= 0.6 is 0 Å². The van der Waals surface area contributed by atoms with Crippen LogP contribution in [0.5, 0.6) is 0 Å². The molecule has 1 atom stereocenters. The van der Waals surface area contributed by atoms with Gasteiger partial charge in [0.05, 0.1) is 4.90 Å². The molecule has 3 rings (SSSR count). The van der Waals surface area contributed by atoms with Crippen LogP contribution in [0.1, 0.15) is 38.2 Å². The molecule has 1 aromatic carbocycles. The first-order valence-corrected chi connectivity index (χ1v) is 8.95. The molecule has 1 saturated heterocycles. The van der Waals surface area contributed by atoms with E-state index in [1.54, 1.807) is 16.4 Å². The SMILES string of the molecule is CCC1CCCCN1S(=O)(=O)c1ccc2c(c1)NCC2. The number of fused-ring (bicyclic) bond motifs is 1. The Labute approximate surface area is 121 Å². The lowest BCUT2D eigenvalue weighted by molar-refractivity contribution is 0.246. The van der Waals surface area contributed by atoms with Gasteiger partial charge in [-0.3, -0.25) is 0 Å². The van der Waals surface area contributed by atoms with Gasteiger partial charge in [-0.15, -0.1) is 0 Å². The molecular formula is C15H22N2O2S.